The van der Waals surface area contributed by atoms with Gasteiger partial charge in [-0.1, -0.05) is 31.0 Å². The van der Waals surface area contributed by atoms with Crippen molar-refractivity contribution >= 4 is 29.6 Å². The van der Waals surface area contributed by atoms with E-state index in [1.54, 1.807) is 30.0 Å². The molecule has 1 saturated carbocycles. The van der Waals surface area contributed by atoms with Crippen LogP contribution in [0.1, 0.15) is 32.1 Å². The lowest BCUT2D eigenvalue weighted by molar-refractivity contribution is -0.139. The van der Waals surface area contributed by atoms with Gasteiger partial charge >= 0.3 is 6.03 Å². The normalized spacial score (nSPS) is 18.5. The van der Waals surface area contributed by atoms with E-state index in [0.717, 1.165) is 36.0 Å². The molecule has 0 radical (unpaired) electrons. The zero-order valence-electron chi connectivity index (χ0n) is 15.3. The van der Waals surface area contributed by atoms with Gasteiger partial charge in [0.25, 0.3) is 5.91 Å². The Labute approximate surface area is 165 Å². The molecule has 11 heteroatoms. The van der Waals surface area contributed by atoms with Gasteiger partial charge in [-0.25, -0.2) is 4.79 Å². The molecule has 4 rings (SSSR count). The average Bonchev–Trinajstić information content (AvgIpc) is 3.38. The third-order valence-corrected chi connectivity index (χ3v) is 6.03. The molecule has 2 aliphatic rings. The molecule has 2 aromatic rings. The predicted molar refractivity (Wildman–Crippen MR) is 98.8 cm³/mol. The van der Waals surface area contributed by atoms with Gasteiger partial charge < -0.3 is 14.3 Å². The minimum atomic E-state index is -0.864. The topological polar surface area (TPSA) is 122 Å². The fraction of sp³-hybridized carbons (Fsp3) is 0.471. The third-order valence-electron chi connectivity index (χ3n) is 5.01. The summed E-state index contributed by atoms with van der Waals surface area (Å²) in [5, 5.41) is 12.2. The summed E-state index contributed by atoms with van der Waals surface area (Å²) < 4.78 is 7.02. The first-order valence-electron chi connectivity index (χ1n) is 9.02. The van der Waals surface area contributed by atoms with Gasteiger partial charge in [0.05, 0.1) is 12.0 Å². The number of imide groups is 1. The summed E-state index contributed by atoms with van der Waals surface area (Å²) in [5.74, 6) is 0.247. The molecule has 2 fully saturated rings. The summed E-state index contributed by atoms with van der Waals surface area (Å²) >= 11 is 1.15. The van der Waals surface area contributed by atoms with Gasteiger partial charge in [0.2, 0.25) is 5.91 Å². The second kappa shape index (κ2) is 7.30. The first-order valence-corrected chi connectivity index (χ1v) is 10.0. The van der Waals surface area contributed by atoms with Crippen LogP contribution in [-0.2, 0) is 16.6 Å². The highest BCUT2D eigenvalue weighted by Crippen LogP contribution is 2.33. The number of amides is 4. The van der Waals surface area contributed by atoms with Crippen molar-refractivity contribution in [3.05, 3.63) is 18.4 Å². The molecule has 2 aromatic heterocycles. The number of hydrazine groups is 1. The van der Waals surface area contributed by atoms with E-state index in [-0.39, 0.29) is 11.7 Å². The highest BCUT2D eigenvalue weighted by atomic mass is 32.2. The Kier molecular flexibility index (Phi) is 4.84. The Morgan fingerprint density at radius 3 is 2.82 bits per heavy atom. The van der Waals surface area contributed by atoms with Crippen LogP contribution >= 0.6 is 11.8 Å². The quantitative estimate of drug-likeness (QED) is 0.571. The molecule has 3 heterocycles. The number of aromatic nitrogens is 3. The number of nitrogens with zero attached hydrogens (tertiary/aromatic N) is 4. The lowest BCUT2D eigenvalue weighted by atomic mass is 9.82. The van der Waals surface area contributed by atoms with Gasteiger partial charge in [0, 0.05) is 7.05 Å². The smallest absolute Gasteiger partial charge is 0.344 e. The van der Waals surface area contributed by atoms with Crippen LogP contribution in [-0.4, -0.2) is 48.9 Å². The van der Waals surface area contributed by atoms with Crippen molar-refractivity contribution < 1.29 is 18.8 Å². The highest BCUT2D eigenvalue weighted by Gasteiger charge is 2.52. The van der Waals surface area contributed by atoms with Crippen LogP contribution in [0.15, 0.2) is 28.0 Å². The number of thioether (sulfide) groups is 1. The van der Waals surface area contributed by atoms with Gasteiger partial charge in [0.15, 0.2) is 16.7 Å². The maximum atomic E-state index is 12.7. The first-order chi connectivity index (χ1) is 13.5. The third kappa shape index (κ3) is 3.26. The van der Waals surface area contributed by atoms with Crippen LogP contribution in [0.2, 0.25) is 0 Å². The van der Waals surface area contributed by atoms with Gasteiger partial charge in [-0.05, 0) is 25.0 Å². The van der Waals surface area contributed by atoms with E-state index in [0.29, 0.717) is 29.6 Å². The zero-order valence-corrected chi connectivity index (χ0v) is 16.1. The van der Waals surface area contributed by atoms with Crippen molar-refractivity contribution in [3.8, 4) is 11.6 Å². The van der Waals surface area contributed by atoms with Gasteiger partial charge in [-0.2, -0.15) is 5.01 Å². The molecule has 2 N–H and O–H groups in total. The molecule has 0 aromatic carbocycles. The minimum Gasteiger partial charge on any atom is -0.461 e. The molecule has 0 unspecified atom stereocenters. The number of rotatable bonds is 5. The number of hydrogen-bond donors (Lipinski definition) is 2. The Bertz CT molecular complexity index is 903. The monoisotopic (exact) mass is 404 g/mol. The number of carbonyl (C=O) groups is 3. The number of urea groups is 1. The van der Waals surface area contributed by atoms with Crippen LogP contribution in [0.4, 0.5) is 4.79 Å². The molecule has 0 bridgehead atoms. The van der Waals surface area contributed by atoms with E-state index in [9.17, 15) is 14.4 Å². The van der Waals surface area contributed by atoms with Crippen LogP contribution in [0.5, 0.6) is 0 Å². The number of furan rings is 1. The van der Waals surface area contributed by atoms with Gasteiger partial charge in [-0.3, -0.25) is 15.0 Å². The first kappa shape index (κ1) is 18.5. The summed E-state index contributed by atoms with van der Waals surface area (Å²) in [6.45, 7) is 0. The minimum absolute atomic E-state index is 0.0197. The molecule has 1 saturated heterocycles. The summed E-state index contributed by atoms with van der Waals surface area (Å²) in [4.78, 5) is 37.2. The SMILES string of the molecule is Cn1c(SCC(=O)NN2C(=O)NC3(CCCCC3)C2=O)nnc1-c1ccco1. The maximum Gasteiger partial charge on any atom is 0.344 e. The molecule has 28 heavy (non-hydrogen) atoms. The van der Waals surface area contributed by atoms with Crippen molar-refractivity contribution in [2.75, 3.05) is 5.75 Å². The van der Waals surface area contributed by atoms with E-state index >= 15 is 0 Å². The van der Waals surface area contributed by atoms with Crippen molar-refractivity contribution in [1.82, 2.24) is 30.5 Å². The molecule has 10 nitrogen and oxygen atoms in total. The Hall–Kier alpha value is -2.82. The van der Waals surface area contributed by atoms with Crippen molar-refractivity contribution in [1.29, 1.82) is 0 Å². The van der Waals surface area contributed by atoms with E-state index in [2.05, 4.69) is 20.9 Å². The largest absolute Gasteiger partial charge is 0.461 e. The summed E-state index contributed by atoms with van der Waals surface area (Å²) in [7, 11) is 1.77. The summed E-state index contributed by atoms with van der Waals surface area (Å²) in [5.41, 5.74) is 1.55. The van der Waals surface area contributed by atoms with Crippen molar-refractivity contribution in [2.45, 2.75) is 42.8 Å². The van der Waals surface area contributed by atoms with Gasteiger partial charge in [-0.15, -0.1) is 10.2 Å². The Morgan fingerprint density at radius 2 is 2.11 bits per heavy atom. The van der Waals surface area contributed by atoms with E-state index in [4.69, 9.17) is 4.42 Å². The van der Waals surface area contributed by atoms with Crippen LogP contribution in [0.3, 0.4) is 0 Å². The van der Waals surface area contributed by atoms with Crippen molar-refractivity contribution in [2.24, 2.45) is 7.05 Å². The molecular weight excluding hydrogens is 384 g/mol. The van der Waals surface area contributed by atoms with Crippen LogP contribution < -0.4 is 10.7 Å². The molecule has 1 aliphatic carbocycles. The van der Waals surface area contributed by atoms with E-state index < -0.39 is 17.5 Å². The molecular formula is C17H20N6O4S. The standard InChI is InChI=1S/C17H20N6O4S/c1-22-13(11-6-5-9-27-11)19-20-16(22)28-10-12(24)21-23-14(25)17(18-15(23)26)7-3-2-4-8-17/h5-6,9H,2-4,7-8,10H2,1H3,(H,18,26)(H,21,24). The lowest BCUT2D eigenvalue weighted by Crippen LogP contribution is -2.51. The molecule has 1 aliphatic heterocycles. The average molecular weight is 404 g/mol. The van der Waals surface area contributed by atoms with Crippen molar-refractivity contribution in [3.63, 3.8) is 0 Å². The van der Waals surface area contributed by atoms with Crippen LogP contribution in [0.25, 0.3) is 11.6 Å². The fourth-order valence-electron chi connectivity index (χ4n) is 3.56. The second-order valence-corrected chi connectivity index (χ2v) is 7.82. The summed E-state index contributed by atoms with van der Waals surface area (Å²) in [6, 6.07) is 2.94. The van der Waals surface area contributed by atoms with Gasteiger partial charge in [0.1, 0.15) is 5.54 Å². The Balaban J connectivity index is 1.36. The number of hydrogen-bond acceptors (Lipinski definition) is 7. The van der Waals surface area contributed by atoms with Crippen LogP contribution in [0, 0.1) is 0 Å². The highest BCUT2D eigenvalue weighted by molar-refractivity contribution is 7.99. The zero-order chi connectivity index (χ0) is 19.7. The lowest BCUT2D eigenvalue weighted by Gasteiger charge is -2.30. The second-order valence-electron chi connectivity index (χ2n) is 6.88. The molecule has 148 valence electrons. The number of carbonyl (C=O) groups excluding carboxylic acids is 3. The molecule has 0 atom stereocenters. The molecule has 1 spiro atoms. The predicted octanol–water partition coefficient (Wildman–Crippen LogP) is 1.45. The fourth-order valence-corrected chi connectivity index (χ4v) is 4.27. The maximum absolute atomic E-state index is 12.7. The molecule has 4 amide bonds. The Morgan fingerprint density at radius 1 is 1.32 bits per heavy atom. The summed E-state index contributed by atoms with van der Waals surface area (Å²) in [6.07, 6.45) is 5.56. The number of nitrogens with one attached hydrogen (secondary N) is 2. The van der Waals surface area contributed by atoms with E-state index in [1.807, 2.05) is 0 Å². The van der Waals surface area contributed by atoms with E-state index in [1.165, 1.54) is 0 Å².